The van der Waals surface area contributed by atoms with Gasteiger partial charge < -0.3 is 15.8 Å². The highest BCUT2D eigenvalue weighted by molar-refractivity contribution is 5.76. The number of amides is 1. The third-order valence-corrected chi connectivity index (χ3v) is 2.34. The Bertz CT molecular complexity index is 353. The Morgan fingerprint density at radius 3 is 2.94 bits per heavy atom. The van der Waals surface area contributed by atoms with Crippen LogP contribution in [0.3, 0.4) is 0 Å². The summed E-state index contributed by atoms with van der Waals surface area (Å²) in [7, 11) is 1.66. The van der Waals surface area contributed by atoms with Crippen LogP contribution >= 0.6 is 0 Å². The molecule has 1 aromatic rings. The third kappa shape index (κ3) is 3.90. The summed E-state index contributed by atoms with van der Waals surface area (Å²) in [6.45, 7) is 2.93. The number of nitrogens with two attached hydrogens (primary N) is 1. The number of carbonyl (C=O) groups is 1. The molecule has 0 aliphatic heterocycles. The fraction of sp³-hybridized carbons (Fsp3) is 0.417. The number of primary amides is 1. The van der Waals surface area contributed by atoms with Gasteiger partial charge in [-0.3, -0.25) is 4.79 Å². The van der Waals surface area contributed by atoms with E-state index in [1.54, 1.807) is 14.0 Å². The molecule has 3 N–H and O–H groups in total. The van der Waals surface area contributed by atoms with Gasteiger partial charge in [-0.05, 0) is 17.7 Å². The molecule has 0 saturated carbocycles. The van der Waals surface area contributed by atoms with Crippen LogP contribution in [0.1, 0.15) is 12.5 Å². The van der Waals surface area contributed by atoms with Gasteiger partial charge in [0.1, 0.15) is 0 Å². The zero-order chi connectivity index (χ0) is 12.0. The van der Waals surface area contributed by atoms with Crippen LogP contribution in [0.15, 0.2) is 24.3 Å². The molecule has 1 rings (SSSR count). The van der Waals surface area contributed by atoms with Gasteiger partial charge in [-0.15, -0.1) is 0 Å². The van der Waals surface area contributed by atoms with E-state index in [0.717, 1.165) is 11.3 Å². The molecular weight excluding hydrogens is 204 g/mol. The lowest BCUT2D eigenvalue weighted by Gasteiger charge is -2.11. The number of nitrogens with one attached hydrogen (secondary N) is 1. The van der Waals surface area contributed by atoms with Crippen molar-refractivity contribution < 1.29 is 9.53 Å². The number of benzene rings is 1. The van der Waals surface area contributed by atoms with Crippen molar-refractivity contribution in [3.05, 3.63) is 29.8 Å². The number of anilines is 1. The second-order valence-electron chi connectivity index (χ2n) is 3.82. The van der Waals surface area contributed by atoms with Crippen LogP contribution in [0.5, 0.6) is 0 Å². The van der Waals surface area contributed by atoms with Crippen molar-refractivity contribution in [1.82, 2.24) is 0 Å². The Labute approximate surface area is 95.8 Å². The van der Waals surface area contributed by atoms with Crippen LogP contribution in [0.25, 0.3) is 0 Å². The monoisotopic (exact) mass is 222 g/mol. The lowest BCUT2D eigenvalue weighted by atomic mass is 10.1. The van der Waals surface area contributed by atoms with Gasteiger partial charge in [-0.1, -0.05) is 19.1 Å². The van der Waals surface area contributed by atoms with Crippen molar-refractivity contribution in [3.63, 3.8) is 0 Å². The van der Waals surface area contributed by atoms with Gasteiger partial charge in [-0.25, -0.2) is 0 Å². The van der Waals surface area contributed by atoms with Gasteiger partial charge in [0.2, 0.25) is 5.91 Å². The molecule has 0 bridgehead atoms. The van der Waals surface area contributed by atoms with Gasteiger partial charge in [0.05, 0.1) is 12.5 Å². The molecule has 1 unspecified atom stereocenters. The standard InChI is InChI=1S/C12H18N2O2/c1-9(12(13)15)7-14-11-5-3-4-10(6-11)8-16-2/h3-6,9,14H,7-8H2,1-2H3,(H2,13,15). The van der Waals surface area contributed by atoms with E-state index in [1.165, 1.54) is 0 Å². The normalized spacial score (nSPS) is 12.1. The molecule has 88 valence electrons. The van der Waals surface area contributed by atoms with E-state index in [0.29, 0.717) is 13.2 Å². The molecule has 0 fully saturated rings. The van der Waals surface area contributed by atoms with Crippen LogP contribution in [-0.4, -0.2) is 19.6 Å². The number of carbonyl (C=O) groups excluding carboxylic acids is 1. The predicted octanol–water partition coefficient (Wildman–Crippen LogP) is 1.37. The first-order valence-electron chi connectivity index (χ1n) is 5.24. The van der Waals surface area contributed by atoms with Gasteiger partial charge in [0.15, 0.2) is 0 Å². The molecule has 1 atom stereocenters. The van der Waals surface area contributed by atoms with Gasteiger partial charge >= 0.3 is 0 Å². The fourth-order valence-corrected chi connectivity index (χ4v) is 1.31. The number of rotatable bonds is 6. The molecule has 0 aromatic heterocycles. The molecule has 4 heteroatoms. The van der Waals surface area contributed by atoms with Crippen LogP contribution < -0.4 is 11.1 Å². The van der Waals surface area contributed by atoms with Crippen molar-refractivity contribution in [2.75, 3.05) is 19.0 Å². The summed E-state index contributed by atoms with van der Waals surface area (Å²) < 4.78 is 5.04. The Balaban J connectivity index is 2.53. The highest BCUT2D eigenvalue weighted by Gasteiger charge is 2.07. The topological polar surface area (TPSA) is 64.3 Å². The predicted molar refractivity (Wildman–Crippen MR) is 64.0 cm³/mol. The molecule has 0 spiro atoms. The minimum atomic E-state index is -0.291. The summed E-state index contributed by atoms with van der Waals surface area (Å²) in [5, 5.41) is 3.17. The number of hydrogen-bond donors (Lipinski definition) is 2. The molecule has 16 heavy (non-hydrogen) atoms. The Morgan fingerprint density at radius 2 is 2.31 bits per heavy atom. The molecule has 0 saturated heterocycles. The number of ether oxygens (including phenoxy) is 1. The Morgan fingerprint density at radius 1 is 1.56 bits per heavy atom. The maximum atomic E-state index is 10.9. The van der Waals surface area contributed by atoms with Crippen LogP contribution in [-0.2, 0) is 16.1 Å². The lowest BCUT2D eigenvalue weighted by molar-refractivity contribution is -0.120. The Hall–Kier alpha value is -1.55. The largest absolute Gasteiger partial charge is 0.384 e. The van der Waals surface area contributed by atoms with E-state index >= 15 is 0 Å². The summed E-state index contributed by atoms with van der Waals surface area (Å²) in [5.41, 5.74) is 7.25. The molecule has 1 amide bonds. The van der Waals surface area contributed by atoms with Crippen molar-refractivity contribution in [3.8, 4) is 0 Å². The molecule has 0 heterocycles. The summed E-state index contributed by atoms with van der Waals surface area (Å²) in [6.07, 6.45) is 0. The maximum Gasteiger partial charge on any atom is 0.222 e. The highest BCUT2D eigenvalue weighted by Crippen LogP contribution is 2.11. The summed E-state index contributed by atoms with van der Waals surface area (Å²) in [4.78, 5) is 10.9. The first-order valence-corrected chi connectivity index (χ1v) is 5.24. The Kier molecular flexibility index (Phi) is 4.79. The van der Waals surface area contributed by atoms with Crippen molar-refractivity contribution in [2.24, 2.45) is 11.7 Å². The quantitative estimate of drug-likeness (QED) is 0.764. The van der Waals surface area contributed by atoms with Gasteiger partial charge in [0, 0.05) is 19.3 Å². The summed E-state index contributed by atoms with van der Waals surface area (Å²) >= 11 is 0. The lowest BCUT2D eigenvalue weighted by Crippen LogP contribution is -2.26. The van der Waals surface area contributed by atoms with Crippen molar-refractivity contribution >= 4 is 11.6 Å². The van der Waals surface area contributed by atoms with Gasteiger partial charge in [0.25, 0.3) is 0 Å². The number of hydrogen-bond acceptors (Lipinski definition) is 3. The van der Waals surface area contributed by atoms with E-state index in [2.05, 4.69) is 5.32 Å². The van der Waals surface area contributed by atoms with Crippen LogP contribution in [0.2, 0.25) is 0 Å². The first-order chi connectivity index (χ1) is 7.63. The zero-order valence-corrected chi connectivity index (χ0v) is 9.69. The maximum absolute atomic E-state index is 10.9. The smallest absolute Gasteiger partial charge is 0.222 e. The molecule has 1 aromatic carbocycles. The average molecular weight is 222 g/mol. The summed E-state index contributed by atoms with van der Waals surface area (Å²) in [5.74, 6) is -0.466. The summed E-state index contributed by atoms with van der Waals surface area (Å²) in [6, 6.07) is 7.89. The molecule has 0 aliphatic carbocycles. The van der Waals surface area contributed by atoms with Crippen molar-refractivity contribution in [2.45, 2.75) is 13.5 Å². The van der Waals surface area contributed by atoms with Gasteiger partial charge in [-0.2, -0.15) is 0 Å². The number of methoxy groups -OCH3 is 1. The highest BCUT2D eigenvalue weighted by atomic mass is 16.5. The third-order valence-electron chi connectivity index (χ3n) is 2.34. The fourth-order valence-electron chi connectivity index (χ4n) is 1.31. The van der Waals surface area contributed by atoms with Crippen molar-refractivity contribution in [1.29, 1.82) is 0 Å². The van der Waals surface area contributed by atoms with Crippen LogP contribution in [0, 0.1) is 5.92 Å². The SMILES string of the molecule is COCc1cccc(NCC(C)C(N)=O)c1. The molecule has 4 nitrogen and oxygen atoms in total. The molecule has 0 radical (unpaired) electrons. The molecular formula is C12H18N2O2. The van der Waals surface area contributed by atoms with E-state index in [-0.39, 0.29) is 11.8 Å². The average Bonchev–Trinajstić information content (AvgIpc) is 2.26. The van der Waals surface area contributed by atoms with E-state index in [1.807, 2.05) is 24.3 Å². The van der Waals surface area contributed by atoms with Crippen LogP contribution in [0.4, 0.5) is 5.69 Å². The first kappa shape index (κ1) is 12.5. The zero-order valence-electron chi connectivity index (χ0n) is 9.69. The minimum absolute atomic E-state index is 0.175. The van der Waals surface area contributed by atoms with E-state index < -0.39 is 0 Å². The van der Waals surface area contributed by atoms with E-state index in [9.17, 15) is 4.79 Å². The minimum Gasteiger partial charge on any atom is -0.384 e. The molecule has 0 aliphatic rings. The second-order valence-corrected chi connectivity index (χ2v) is 3.82. The van der Waals surface area contributed by atoms with E-state index in [4.69, 9.17) is 10.5 Å². The second kappa shape index (κ2) is 6.12.